The molecule has 0 saturated carbocycles. The zero-order chi connectivity index (χ0) is 21.8. The van der Waals surface area contributed by atoms with Crippen LogP contribution in [0.4, 0.5) is 5.69 Å². The van der Waals surface area contributed by atoms with Crippen molar-refractivity contribution in [1.82, 2.24) is 5.01 Å². The van der Waals surface area contributed by atoms with Crippen molar-refractivity contribution >= 4 is 17.3 Å². The third kappa shape index (κ3) is 4.45. The molecule has 3 aromatic carbocycles. The van der Waals surface area contributed by atoms with Gasteiger partial charge in [-0.05, 0) is 30.7 Å². The van der Waals surface area contributed by atoms with E-state index < -0.39 is 0 Å². The van der Waals surface area contributed by atoms with E-state index in [9.17, 15) is 4.79 Å². The van der Waals surface area contributed by atoms with E-state index in [1.165, 1.54) is 5.56 Å². The number of methoxy groups -OCH3 is 1. The minimum Gasteiger partial charge on any atom is -0.496 e. The van der Waals surface area contributed by atoms with Crippen molar-refractivity contribution in [1.29, 1.82) is 0 Å². The molecule has 5 heteroatoms. The van der Waals surface area contributed by atoms with Gasteiger partial charge in [-0.3, -0.25) is 4.79 Å². The van der Waals surface area contributed by atoms with Gasteiger partial charge in [0.1, 0.15) is 5.75 Å². The Morgan fingerprint density at radius 1 is 1.03 bits per heavy atom. The van der Waals surface area contributed by atoms with Crippen LogP contribution in [-0.4, -0.2) is 37.3 Å². The lowest BCUT2D eigenvalue weighted by Gasteiger charge is -2.26. The maximum Gasteiger partial charge on any atom is 0.262 e. The van der Waals surface area contributed by atoms with E-state index in [1.807, 2.05) is 66.5 Å². The van der Waals surface area contributed by atoms with Crippen LogP contribution in [0.2, 0.25) is 0 Å². The van der Waals surface area contributed by atoms with Crippen LogP contribution in [0, 0.1) is 6.92 Å². The molecule has 158 valence electrons. The Morgan fingerprint density at radius 2 is 1.71 bits per heavy atom. The Bertz CT molecular complexity index is 1080. The molecule has 0 aliphatic carbocycles. The van der Waals surface area contributed by atoms with Crippen molar-refractivity contribution < 1.29 is 9.53 Å². The van der Waals surface area contributed by atoms with Gasteiger partial charge in [-0.25, -0.2) is 5.01 Å². The molecular formula is C26H27N3O2. The summed E-state index contributed by atoms with van der Waals surface area (Å²) in [6, 6.07) is 25.8. The predicted molar refractivity (Wildman–Crippen MR) is 125 cm³/mol. The fraction of sp³-hybridized carbons (Fsp3) is 0.231. The largest absolute Gasteiger partial charge is 0.496 e. The van der Waals surface area contributed by atoms with Crippen molar-refractivity contribution in [3.8, 4) is 5.75 Å². The zero-order valence-corrected chi connectivity index (χ0v) is 18.2. The first-order chi connectivity index (χ1) is 15.1. The van der Waals surface area contributed by atoms with Gasteiger partial charge in [0.15, 0.2) is 0 Å². The quantitative estimate of drug-likeness (QED) is 0.582. The minimum absolute atomic E-state index is 0.0515. The topological polar surface area (TPSA) is 45.1 Å². The predicted octanol–water partition coefficient (Wildman–Crippen LogP) is 4.82. The SMILES string of the molecule is COc1ccccc1[C@@H]1CC(c2ccc(C)cc2)=NN1C(=O)CN(C)c1ccccc1. The highest BCUT2D eigenvalue weighted by molar-refractivity contribution is 6.03. The highest BCUT2D eigenvalue weighted by Gasteiger charge is 2.35. The summed E-state index contributed by atoms with van der Waals surface area (Å²) in [7, 11) is 3.58. The second-order valence-electron chi connectivity index (χ2n) is 7.80. The van der Waals surface area contributed by atoms with Crippen LogP contribution in [0.3, 0.4) is 0 Å². The van der Waals surface area contributed by atoms with E-state index in [4.69, 9.17) is 9.84 Å². The van der Waals surface area contributed by atoms with Crippen molar-refractivity contribution in [2.75, 3.05) is 25.6 Å². The molecule has 5 nitrogen and oxygen atoms in total. The second-order valence-corrected chi connectivity index (χ2v) is 7.80. The molecule has 0 saturated heterocycles. The van der Waals surface area contributed by atoms with E-state index in [2.05, 4.69) is 31.2 Å². The number of benzene rings is 3. The molecule has 0 spiro atoms. The van der Waals surface area contributed by atoms with E-state index >= 15 is 0 Å². The van der Waals surface area contributed by atoms with Crippen molar-refractivity contribution in [3.05, 3.63) is 95.6 Å². The Labute approximate surface area is 183 Å². The number of hydrogen-bond acceptors (Lipinski definition) is 4. The van der Waals surface area contributed by atoms with Crippen LogP contribution in [0.15, 0.2) is 84.0 Å². The van der Waals surface area contributed by atoms with Gasteiger partial charge in [-0.2, -0.15) is 5.10 Å². The average molecular weight is 414 g/mol. The van der Waals surface area contributed by atoms with Gasteiger partial charge < -0.3 is 9.64 Å². The van der Waals surface area contributed by atoms with E-state index in [0.29, 0.717) is 6.42 Å². The molecule has 0 N–H and O–H groups in total. The molecule has 1 amide bonds. The Balaban J connectivity index is 1.65. The molecule has 1 aliphatic heterocycles. The normalized spacial score (nSPS) is 15.5. The summed E-state index contributed by atoms with van der Waals surface area (Å²) in [6.45, 7) is 2.30. The number of carbonyl (C=O) groups excluding carboxylic acids is 1. The number of anilines is 1. The molecule has 0 fully saturated rings. The molecule has 0 radical (unpaired) electrons. The number of aryl methyl sites for hydroxylation is 1. The summed E-state index contributed by atoms with van der Waals surface area (Å²) in [4.78, 5) is 15.3. The molecular weight excluding hydrogens is 386 g/mol. The van der Waals surface area contributed by atoms with Gasteiger partial charge in [-0.15, -0.1) is 0 Å². The van der Waals surface area contributed by atoms with Gasteiger partial charge in [0.2, 0.25) is 0 Å². The van der Waals surface area contributed by atoms with Gasteiger partial charge >= 0.3 is 0 Å². The number of likely N-dealkylation sites (N-methyl/N-ethyl adjacent to an activating group) is 1. The highest BCUT2D eigenvalue weighted by Crippen LogP contribution is 2.37. The summed E-state index contributed by atoms with van der Waals surface area (Å²) < 4.78 is 5.59. The number of ether oxygens (including phenoxy) is 1. The van der Waals surface area contributed by atoms with E-state index in [0.717, 1.165) is 28.3 Å². The number of carbonyl (C=O) groups is 1. The number of nitrogens with zero attached hydrogens (tertiary/aromatic N) is 3. The molecule has 3 aromatic rings. The fourth-order valence-electron chi connectivity index (χ4n) is 3.89. The molecule has 1 atom stereocenters. The number of amides is 1. The van der Waals surface area contributed by atoms with Gasteiger partial charge in [0.05, 0.1) is 25.4 Å². The second kappa shape index (κ2) is 9.04. The fourth-order valence-corrected chi connectivity index (χ4v) is 3.89. The zero-order valence-electron chi connectivity index (χ0n) is 18.2. The molecule has 1 aliphatic rings. The van der Waals surface area contributed by atoms with Crippen LogP contribution >= 0.6 is 0 Å². The molecule has 31 heavy (non-hydrogen) atoms. The maximum atomic E-state index is 13.4. The van der Waals surface area contributed by atoms with Crippen molar-refractivity contribution in [3.63, 3.8) is 0 Å². The first-order valence-electron chi connectivity index (χ1n) is 10.4. The van der Waals surface area contributed by atoms with Crippen molar-refractivity contribution in [2.24, 2.45) is 5.10 Å². The Hall–Kier alpha value is -3.60. The summed E-state index contributed by atoms with van der Waals surface area (Å²) in [6.07, 6.45) is 0.643. The Kier molecular flexibility index (Phi) is 6.03. The van der Waals surface area contributed by atoms with Gasteiger partial charge in [-0.1, -0.05) is 66.2 Å². The van der Waals surface area contributed by atoms with Gasteiger partial charge in [0.25, 0.3) is 5.91 Å². The number of para-hydroxylation sites is 2. The molecule has 4 rings (SSSR count). The monoisotopic (exact) mass is 413 g/mol. The smallest absolute Gasteiger partial charge is 0.262 e. The summed E-state index contributed by atoms with van der Waals surface area (Å²) in [5, 5.41) is 6.42. The highest BCUT2D eigenvalue weighted by atomic mass is 16.5. The van der Waals surface area contributed by atoms with Crippen LogP contribution in [0.5, 0.6) is 5.75 Å². The molecule has 0 unspecified atom stereocenters. The first kappa shape index (κ1) is 20.7. The van der Waals surface area contributed by atoms with E-state index in [-0.39, 0.29) is 18.5 Å². The number of rotatable bonds is 6. The van der Waals surface area contributed by atoms with Crippen LogP contribution in [0.25, 0.3) is 0 Å². The maximum absolute atomic E-state index is 13.4. The van der Waals surface area contributed by atoms with Crippen molar-refractivity contribution in [2.45, 2.75) is 19.4 Å². The lowest BCUT2D eigenvalue weighted by Crippen LogP contribution is -2.36. The third-order valence-corrected chi connectivity index (χ3v) is 5.62. The minimum atomic E-state index is -0.205. The molecule has 0 bridgehead atoms. The molecule has 1 heterocycles. The molecule has 0 aromatic heterocycles. The lowest BCUT2D eigenvalue weighted by atomic mass is 9.97. The lowest BCUT2D eigenvalue weighted by molar-refractivity contribution is -0.131. The first-order valence-corrected chi connectivity index (χ1v) is 10.4. The Morgan fingerprint density at radius 3 is 2.42 bits per heavy atom. The number of hydrogen-bond donors (Lipinski definition) is 0. The summed E-state index contributed by atoms with van der Waals surface area (Å²) in [5.74, 6) is 0.714. The van der Waals surface area contributed by atoms with Crippen LogP contribution in [-0.2, 0) is 4.79 Å². The summed E-state index contributed by atoms with van der Waals surface area (Å²) >= 11 is 0. The summed E-state index contributed by atoms with van der Waals surface area (Å²) in [5.41, 5.74) is 5.10. The van der Waals surface area contributed by atoms with Crippen LogP contribution < -0.4 is 9.64 Å². The average Bonchev–Trinajstić information content (AvgIpc) is 3.25. The number of hydrazone groups is 1. The van der Waals surface area contributed by atoms with Gasteiger partial charge in [0, 0.05) is 24.7 Å². The third-order valence-electron chi connectivity index (χ3n) is 5.62. The van der Waals surface area contributed by atoms with Crippen LogP contribution in [0.1, 0.15) is 29.2 Å². The van der Waals surface area contributed by atoms with E-state index in [1.54, 1.807) is 12.1 Å². The standard InChI is InChI=1S/C26H27N3O2/c1-19-13-15-20(16-14-19)23-17-24(22-11-7-8-12-25(22)31-3)29(27-23)26(30)18-28(2)21-9-5-4-6-10-21/h4-16,24H,17-18H2,1-3H3/t24-/m0/s1.